The van der Waals surface area contributed by atoms with Crippen LogP contribution in [0.5, 0.6) is 0 Å². The first kappa shape index (κ1) is 10.4. The lowest BCUT2D eigenvalue weighted by Crippen LogP contribution is -2.28. The Balaban J connectivity index is 2.22. The van der Waals surface area contributed by atoms with Gasteiger partial charge in [-0.05, 0) is 30.7 Å². The maximum Gasteiger partial charge on any atom is 0.132 e. The van der Waals surface area contributed by atoms with Crippen molar-refractivity contribution in [2.75, 3.05) is 0 Å². The summed E-state index contributed by atoms with van der Waals surface area (Å²) in [4.78, 5) is 11.2. The molecule has 2 rings (SSSR count). The fraction of sp³-hybridized carbons (Fsp3) is 0.500. The van der Waals surface area contributed by atoms with Crippen molar-refractivity contribution in [1.29, 1.82) is 0 Å². The predicted octanol–water partition coefficient (Wildman–Crippen LogP) is 3.40. The number of ketones is 1. The number of aryl methyl sites for hydroxylation is 1. The van der Waals surface area contributed by atoms with E-state index in [0.29, 0.717) is 5.78 Å². The van der Waals surface area contributed by atoms with Crippen molar-refractivity contribution in [1.82, 2.24) is 0 Å². The van der Waals surface area contributed by atoms with Crippen LogP contribution in [0.25, 0.3) is 0 Å². The van der Waals surface area contributed by atoms with Crippen LogP contribution in [0.4, 0.5) is 0 Å². The summed E-state index contributed by atoms with van der Waals surface area (Å²) in [7, 11) is 0. The zero-order valence-corrected chi connectivity index (χ0v) is 9.55. The first-order valence-corrected chi connectivity index (χ1v) is 5.69. The highest BCUT2D eigenvalue weighted by atomic mass is 16.1. The third-order valence-electron chi connectivity index (χ3n) is 3.66. The van der Waals surface area contributed by atoms with Crippen LogP contribution in [0, 0.1) is 6.92 Å². The summed E-state index contributed by atoms with van der Waals surface area (Å²) in [6.45, 7) is 4.39. The molecule has 15 heavy (non-hydrogen) atoms. The van der Waals surface area contributed by atoms with Gasteiger partial charge in [0, 0.05) is 12.8 Å². The quantitative estimate of drug-likeness (QED) is 0.682. The molecule has 1 heteroatoms. The van der Waals surface area contributed by atoms with Crippen molar-refractivity contribution in [3.05, 3.63) is 35.4 Å². The van der Waals surface area contributed by atoms with E-state index in [0.717, 1.165) is 25.7 Å². The SMILES string of the molecule is Cc1ccc(C2(C)CCC(=O)CC2)cc1. The van der Waals surface area contributed by atoms with Gasteiger partial charge in [-0.2, -0.15) is 0 Å². The van der Waals surface area contributed by atoms with Gasteiger partial charge >= 0.3 is 0 Å². The van der Waals surface area contributed by atoms with E-state index in [1.165, 1.54) is 11.1 Å². The Morgan fingerprint density at radius 1 is 1.07 bits per heavy atom. The van der Waals surface area contributed by atoms with Gasteiger partial charge in [0.1, 0.15) is 5.78 Å². The molecule has 0 atom stereocenters. The van der Waals surface area contributed by atoms with Crippen LogP contribution in [0.15, 0.2) is 24.3 Å². The maximum absolute atomic E-state index is 11.2. The maximum atomic E-state index is 11.2. The van der Waals surface area contributed by atoms with Crippen LogP contribution in [0.2, 0.25) is 0 Å². The van der Waals surface area contributed by atoms with Crippen molar-refractivity contribution in [3.8, 4) is 0 Å². The summed E-state index contributed by atoms with van der Waals surface area (Å²) < 4.78 is 0. The molecule has 1 aliphatic rings. The monoisotopic (exact) mass is 202 g/mol. The lowest BCUT2D eigenvalue weighted by atomic mass is 9.70. The molecule has 1 nitrogen and oxygen atoms in total. The van der Waals surface area contributed by atoms with Crippen molar-refractivity contribution >= 4 is 5.78 Å². The van der Waals surface area contributed by atoms with Gasteiger partial charge < -0.3 is 0 Å². The van der Waals surface area contributed by atoms with E-state index >= 15 is 0 Å². The van der Waals surface area contributed by atoms with Gasteiger partial charge in [0.25, 0.3) is 0 Å². The Kier molecular flexibility index (Phi) is 2.64. The molecule has 1 fully saturated rings. The first-order chi connectivity index (χ1) is 7.10. The molecule has 0 aromatic heterocycles. The van der Waals surface area contributed by atoms with Gasteiger partial charge in [-0.15, -0.1) is 0 Å². The number of hydrogen-bond donors (Lipinski definition) is 0. The average molecular weight is 202 g/mol. The molecule has 0 saturated heterocycles. The van der Waals surface area contributed by atoms with E-state index < -0.39 is 0 Å². The van der Waals surface area contributed by atoms with Crippen molar-refractivity contribution < 1.29 is 4.79 Å². The fourth-order valence-electron chi connectivity index (χ4n) is 2.33. The summed E-state index contributed by atoms with van der Waals surface area (Å²) >= 11 is 0. The van der Waals surface area contributed by atoms with Gasteiger partial charge in [-0.3, -0.25) is 4.79 Å². The standard InChI is InChI=1S/C14H18O/c1-11-3-5-12(6-4-11)14(2)9-7-13(15)8-10-14/h3-6H,7-10H2,1-2H3. The zero-order valence-electron chi connectivity index (χ0n) is 9.55. The highest BCUT2D eigenvalue weighted by molar-refractivity contribution is 5.79. The number of Topliss-reactive ketones (excluding diaryl/α,β-unsaturated/α-hetero) is 1. The molecular formula is C14H18O. The molecule has 1 aliphatic carbocycles. The highest BCUT2D eigenvalue weighted by Gasteiger charge is 2.31. The number of rotatable bonds is 1. The molecule has 1 aromatic rings. The first-order valence-electron chi connectivity index (χ1n) is 5.69. The summed E-state index contributed by atoms with van der Waals surface area (Å²) in [6, 6.07) is 8.75. The van der Waals surface area contributed by atoms with Crippen molar-refractivity contribution in [2.45, 2.75) is 44.9 Å². The summed E-state index contributed by atoms with van der Waals surface area (Å²) in [6.07, 6.45) is 3.53. The Bertz CT molecular complexity index is 351. The van der Waals surface area contributed by atoms with Crippen LogP contribution in [0.1, 0.15) is 43.7 Å². The Hall–Kier alpha value is -1.11. The van der Waals surface area contributed by atoms with Crippen LogP contribution in [0.3, 0.4) is 0 Å². The van der Waals surface area contributed by atoms with Gasteiger partial charge in [0.15, 0.2) is 0 Å². The molecule has 0 amide bonds. The molecule has 0 radical (unpaired) electrons. The number of carbonyl (C=O) groups excluding carboxylic acids is 1. The summed E-state index contributed by atoms with van der Waals surface area (Å²) in [5.74, 6) is 0.430. The second-order valence-corrected chi connectivity index (χ2v) is 4.97. The molecule has 0 bridgehead atoms. The van der Waals surface area contributed by atoms with Crippen LogP contribution >= 0.6 is 0 Å². The molecular weight excluding hydrogens is 184 g/mol. The average Bonchev–Trinajstić information content (AvgIpc) is 2.24. The topological polar surface area (TPSA) is 17.1 Å². The number of benzene rings is 1. The van der Waals surface area contributed by atoms with E-state index in [1.807, 2.05) is 0 Å². The lowest BCUT2D eigenvalue weighted by Gasteiger charge is -2.33. The van der Waals surface area contributed by atoms with Gasteiger partial charge in [0.2, 0.25) is 0 Å². The van der Waals surface area contributed by atoms with E-state index in [9.17, 15) is 4.79 Å². The summed E-state index contributed by atoms with van der Waals surface area (Å²) in [5, 5.41) is 0. The second kappa shape index (κ2) is 3.80. The van der Waals surface area contributed by atoms with Crippen LogP contribution < -0.4 is 0 Å². The second-order valence-electron chi connectivity index (χ2n) is 4.97. The minimum atomic E-state index is 0.224. The fourth-order valence-corrected chi connectivity index (χ4v) is 2.33. The number of carbonyl (C=O) groups is 1. The molecule has 0 unspecified atom stereocenters. The van der Waals surface area contributed by atoms with Gasteiger partial charge in [0.05, 0.1) is 0 Å². The van der Waals surface area contributed by atoms with Crippen molar-refractivity contribution in [3.63, 3.8) is 0 Å². The predicted molar refractivity (Wildman–Crippen MR) is 62.0 cm³/mol. The normalized spacial score (nSPS) is 20.3. The zero-order chi connectivity index (χ0) is 10.9. The Labute approximate surface area is 91.5 Å². The molecule has 1 saturated carbocycles. The Morgan fingerprint density at radius 3 is 2.13 bits per heavy atom. The molecule has 0 aliphatic heterocycles. The molecule has 0 N–H and O–H groups in total. The number of hydrogen-bond acceptors (Lipinski definition) is 1. The minimum absolute atomic E-state index is 0.224. The molecule has 1 aromatic carbocycles. The van der Waals surface area contributed by atoms with Gasteiger partial charge in [-0.25, -0.2) is 0 Å². The van der Waals surface area contributed by atoms with E-state index in [4.69, 9.17) is 0 Å². The van der Waals surface area contributed by atoms with E-state index in [-0.39, 0.29) is 5.41 Å². The lowest BCUT2D eigenvalue weighted by molar-refractivity contribution is -0.121. The van der Waals surface area contributed by atoms with Crippen molar-refractivity contribution in [2.24, 2.45) is 0 Å². The van der Waals surface area contributed by atoms with E-state index in [1.54, 1.807) is 0 Å². The molecule has 0 spiro atoms. The van der Waals surface area contributed by atoms with E-state index in [2.05, 4.69) is 38.1 Å². The smallest absolute Gasteiger partial charge is 0.132 e. The molecule has 0 heterocycles. The Morgan fingerprint density at radius 2 is 1.60 bits per heavy atom. The highest BCUT2D eigenvalue weighted by Crippen LogP contribution is 2.37. The summed E-state index contributed by atoms with van der Waals surface area (Å²) in [5.41, 5.74) is 2.91. The van der Waals surface area contributed by atoms with Crippen LogP contribution in [-0.2, 0) is 10.2 Å². The minimum Gasteiger partial charge on any atom is -0.300 e. The van der Waals surface area contributed by atoms with Gasteiger partial charge in [-0.1, -0.05) is 36.8 Å². The third kappa shape index (κ3) is 2.11. The largest absolute Gasteiger partial charge is 0.300 e. The van der Waals surface area contributed by atoms with Crippen LogP contribution in [-0.4, -0.2) is 5.78 Å². The third-order valence-corrected chi connectivity index (χ3v) is 3.66. The molecule has 80 valence electrons.